The number of rotatable bonds is 9. The Morgan fingerprint density at radius 2 is 1.89 bits per heavy atom. The maximum absolute atomic E-state index is 12.5. The summed E-state index contributed by atoms with van der Waals surface area (Å²) in [6, 6.07) is 6.37. The van der Waals surface area contributed by atoms with E-state index in [0.717, 1.165) is 54.3 Å². The number of aliphatic hydroxyl groups is 2. The van der Waals surface area contributed by atoms with Crippen molar-refractivity contribution >= 4 is 34.4 Å². The summed E-state index contributed by atoms with van der Waals surface area (Å²) in [4.78, 5) is 45.1. The molecule has 2 aromatic rings. The highest BCUT2D eigenvalue weighted by Crippen LogP contribution is 2.67. The summed E-state index contributed by atoms with van der Waals surface area (Å²) in [5, 5.41) is 42.4. The standard InChI is InChI=1S/C35H46N4O7/c1-33-12-10-22(15-21(33)8-9-24-25-11-13-35(3,45)34(25,2)16-28(40)31(24)33)39-46-19-30(42)37-18-29(41)38-27(32(43)44)14-20-17-36-26-7-5-4-6-23(20)26/h4-7,15,17,24-25,27-28,31,36,40,45H,8-14,16,18-19H2,1-3H3,(H,37,42)(H,38,41)(H,43,44)/b39-22+/t24?,25?,27?,28?,31?,33-,34-,35-/m0/s1. The Morgan fingerprint density at radius 3 is 2.67 bits per heavy atom. The number of aromatic amines is 1. The molecule has 1 aromatic carbocycles. The van der Waals surface area contributed by atoms with Crippen molar-refractivity contribution < 1.29 is 34.5 Å². The maximum atomic E-state index is 12.5. The zero-order valence-electron chi connectivity index (χ0n) is 26.8. The number of hydrogen-bond acceptors (Lipinski definition) is 7. The van der Waals surface area contributed by atoms with Crippen LogP contribution in [0.3, 0.4) is 0 Å². The van der Waals surface area contributed by atoms with Crippen LogP contribution >= 0.6 is 0 Å². The van der Waals surface area contributed by atoms with Gasteiger partial charge in [0.05, 0.1) is 24.0 Å². The van der Waals surface area contributed by atoms with Crippen LogP contribution in [0.5, 0.6) is 0 Å². The molecule has 6 rings (SSSR count). The number of nitrogens with one attached hydrogen (secondary N) is 3. The topological polar surface area (TPSA) is 173 Å². The van der Waals surface area contributed by atoms with E-state index in [2.05, 4.69) is 40.7 Å². The van der Waals surface area contributed by atoms with Gasteiger partial charge < -0.3 is 35.8 Å². The van der Waals surface area contributed by atoms with Crippen LogP contribution in [-0.2, 0) is 25.6 Å². The number of hydrogen-bond donors (Lipinski definition) is 6. The normalized spacial score (nSPS) is 35.0. The van der Waals surface area contributed by atoms with Gasteiger partial charge in [-0.25, -0.2) is 4.79 Å². The third-order valence-corrected chi connectivity index (χ3v) is 12.0. The van der Waals surface area contributed by atoms with Crippen molar-refractivity contribution in [2.45, 2.75) is 89.9 Å². The van der Waals surface area contributed by atoms with Crippen LogP contribution in [0, 0.1) is 28.6 Å². The van der Waals surface area contributed by atoms with E-state index in [4.69, 9.17) is 4.84 Å². The number of benzene rings is 1. The Morgan fingerprint density at radius 1 is 1.11 bits per heavy atom. The second-order valence-corrected chi connectivity index (χ2v) is 14.6. The van der Waals surface area contributed by atoms with Gasteiger partial charge in [0.15, 0.2) is 6.61 Å². The molecule has 1 aromatic heterocycles. The minimum absolute atomic E-state index is 0.0939. The zero-order chi connectivity index (χ0) is 32.9. The Labute approximate surface area is 268 Å². The van der Waals surface area contributed by atoms with Gasteiger partial charge >= 0.3 is 5.97 Å². The molecule has 5 unspecified atom stereocenters. The molecule has 3 saturated carbocycles. The van der Waals surface area contributed by atoms with E-state index in [1.54, 1.807) is 6.20 Å². The van der Waals surface area contributed by atoms with Gasteiger partial charge in [0.2, 0.25) is 5.91 Å². The quantitative estimate of drug-likeness (QED) is 0.229. The predicted octanol–water partition coefficient (Wildman–Crippen LogP) is 3.45. The monoisotopic (exact) mass is 634 g/mol. The molecule has 248 valence electrons. The number of carboxylic acids is 1. The summed E-state index contributed by atoms with van der Waals surface area (Å²) < 4.78 is 0. The number of aliphatic hydroxyl groups excluding tert-OH is 1. The van der Waals surface area contributed by atoms with Gasteiger partial charge in [-0.1, -0.05) is 42.8 Å². The minimum atomic E-state index is -1.17. The molecule has 4 aliphatic rings. The number of amides is 2. The smallest absolute Gasteiger partial charge is 0.326 e. The van der Waals surface area contributed by atoms with Crippen LogP contribution in [0.4, 0.5) is 0 Å². The lowest BCUT2D eigenvalue weighted by atomic mass is 9.45. The molecule has 0 saturated heterocycles. The van der Waals surface area contributed by atoms with Crippen molar-refractivity contribution in [2.24, 2.45) is 33.7 Å². The average Bonchev–Trinajstić information content (AvgIpc) is 3.52. The third kappa shape index (κ3) is 5.72. The van der Waals surface area contributed by atoms with Gasteiger partial charge in [-0.15, -0.1) is 0 Å². The molecule has 0 spiro atoms. The van der Waals surface area contributed by atoms with E-state index >= 15 is 0 Å². The van der Waals surface area contributed by atoms with E-state index < -0.39 is 35.5 Å². The maximum Gasteiger partial charge on any atom is 0.326 e. The number of carbonyl (C=O) groups is 3. The fourth-order valence-corrected chi connectivity index (χ4v) is 9.36. The fraction of sp³-hybridized carbons (Fsp3) is 0.600. The molecule has 0 bridgehead atoms. The van der Waals surface area contributed by atoms with E-state index in [0.29, 0.717) is 24.7 Å². The molecule has 0 aliphatic heterocycles. The van der Waals surface area contributed by atoms with Crippen molar-refractivity contribution in [1.29, 1.82) is 0 Å². The Balaban J connectivity index is 0.998. The zero-order valence-corrected chi connectivity index (χ0v) is 26.8. The number of H-pyrrole nitrogens is 1. The van der Waals surface area contributed by atoms with Gasteiger partial charge in [0.25, 0.3) is 5.91 Å². The first-order chi connectivity index (χ1) is 21.8. The lowest BCUT2D eigenvalue weighted by Crippen LogP contribution is -2.59. The second kappa shape index (κ2) is 12.2. The first-order valence-electron chi connectivity index (χ1n) is 16.5. The van der Waals surface area contributed by atoms with Gasteiger partial charge in [-0.2, -0.15) is 0 Å². The van der Waals surface area contributed by atoms with E-state index in [9.17, 15) is 29.7 Å². The van der Waals surface area contributed by atoms with E-state index in [1.807, 2.05) is 31.2 Å². The molecule has 2 amide bonds. The second-order valence-electron chi connectivity index (χ2n) is 14.6. The molecule has 11 heteroatoms. The highest BCUT2D eigenvalue weighted by atomic mass is 16.6. The number of para-hydroxylation sites is 1. The Bertz CT molecular complexity index is 1580. The first kappa shape index (κ1) is 32.2. The number of aliphatic carboxylic acids is 1. The predicted molar refractivity (Wildman–Crippen MR) is 172 cm³/mol. The fourth-order valence-electron chi connectivity index (χ4n) is 9.36. The summed E-state index contributed by atoms with van der Waals surface area (Å²) in [7, 11) is 0. The number of carbonyl (C=O) groups excluding carboxylic acids is 2. The van der Waals surface area contributed by atoms with Crippen LogP contribution in [0.2, 0.25) is 0 Å². The number of oxime groups is 1. The van der Waals surface area contributed by atoms with Crippen LogP contribution < -0.4 is 10.6 Å². The van der Waals surface area contributed by atoms with Crippen LogP contribution in [0.25, 0.3) is 10.9 Å². The molecule has 11 nitrogen and oxygen atoms in total. The minimum Gasteiger partial charge on any atom is -0.480 e. The molecular weight excluding hydrogens is 588 g/mol. The molecule has 1 heterocycles. The van der Waals surface area contributed by atoms with Crippen molar-refractivity contribution in [2.75, 3.05) is 13.2 Å². The van der Waals surface area contributed by atoms with Crippen molar-refractivity contribution in [3.05, 3.63) is 47.7 Å². The third-order valence-electron chi connectivity index (χ3n) is 12.0. The largest absolute Gasteiger partial charge is 0.480 e. The van der Waals surface area contributed by atoms with Crippen molar-refractivity contribution in [1.82, 2.24) is 15.6 Å². The highest BCUT2D eigenvalue weighted by molar-refractivity contribution is 5.96. The number of nitrogens with zero attached hydrogens (tertiary/aromatic N) is 1. The first-order valence-corrected chi connectivity index (χ1v) is 16.5. The highest BCUT2D eigenvalue weighted by Gasteiger charge is 2.64. The molecule has 8 atom stereocenters. The molecule has 4 aliphatic carbocycles. The van der Waals surface area contributed by atoms with Gasteiger partial charge in [-0.3, -0.25) is 9.59 Å². The summed E-state index contributed by atoms with van der Waals surface area (Å²) in [6.07, 6.45) is 9.19. The summed E-state index contributed by atoms with van der Waals surface area (Å²) in [5.41, 5.74) is 2.49. The van der Waals surface area contributed by atoms with Crippen molar-refractivity contribution in [3.8, 4) is 0 Å². The molecular formula is C35H46N4O7. The summed E-state index contributed by atoms with van der Waals surface area (Å²) in [5.74, 6) is -1.41. The number of allylic oxidation sites excluding steroid dienone is 2. The molecule has 46 heavy (non-hydrogen) atoms. The van der Waals surface area contributed by atoms with Gasteiger partial charge in [-0.05, 0) is 92.7 Å². The van der Waals surface area contributed by atoms with Gasteiger partial charge in [0, 0.05) is 28.9 Å². The number of aromatic nitrogens is 1. The van der Waals surface area contributed by atoms with Gasteiger partial charge in [0.1, 0.15) is 6.04 Å². The van der Waals surface area contributed by atoms with Crippen LogP contribution in [0.1, 0.15) is 71.3 Å². The summed E-state index contributed by atoms with van der Waals surface area (Å²) in [6.45, 7) is 5.61. The Hall–Kier alpha value is -3.70. The van der Waals surface area contributed by atoms with E-state index in [-0.39, 0.29) is 36.3 Å². The molecule has 6 N–H and O–H groups in total. The number of fused-ring (bicyclic) bond motifs is 6. The number of carboxylic acid groups (broad SMARTS) is 1. The average molecular weight is 635 g/mol. The Kier molecular flexibility index (Phi) is 8.52. The lowest BCUT2D eigenvalue weighted by molar-refractivity contribution is -0.164. The van der Waals surface area contributed by atoms with Crippen LogP contribution in [-0.4, -0.2) is 74.7 Å². The van der Waals surface area contributed by atoms with Crippen molar-refractivity contribution in [3.63, 3.8) is 0 Å². The summed E-state index contributed by atoms with van der Waals surface area (Å²) >= 11 is 0. The van der Waals surface area contributed by atoms with E-state index in [1.165, 1.54) is 5.57 Å². The molecule has 0 radical (unpaired) electrons. The SMILES string of the molecule is C[C@]12CC/C(=N\OCC(=O)NCC(=O)NC(Cc3c[nH]c4ccccc34)C(=O)O)C=C1CCC1C2C(O)C[C@@]2(C)C1CC[C@]2(C)O. The lowest BCUT2D eigenvalue weighted by Gasteiger charge is -2.60. The molecule has 3 fully saturated rings. The van der Waals surface area contributed by atoms with Crippen LogP contribution in [0.15, 0.2) is 47.3 Å².